The summed E-state index contributed by atoms with van der Waals surface area (Å²) in [6.45, 7) is 3.78. The number of hydrogen-bond acceptors (Lipinski definition) is 1. The van der Waals surface area contributed by atoms with Crippen molar-refractivity contribution in [1.82, 2.24) is 0 Å². The van der Waals surface area contributed by atoms with Gasteiger partial charge in [-0.3, -0.25) is 0 Å². The molecule has 0 aliphatic rings. The Morgan fingerprint density at radius 3 is 2.36 bits per heavy atom. The Labute approximate surface area is 70.8 Å². The molecule has 1 aromatic carbocycles. The summed E-state index contributed by atoms with van der Waals surface area (Å²) in [5, 5.41) is 0. The summed E-state index contributed by atoms with van der Waals surface area (Å²) in [5.74, 6) is -0.111. The van der Waals surface area contributed by atoms with Crippen LogP contribution in [0.25, 0.3) is 0 Å². The third kappa shape index (κ3) is 1.74. The van der Waals surface area contributed by atoms with E-state index in [-0.39, 0.29) is 5.82 Å². The number of hydrogen-bond donors (Lipinski definition) is 0. The van der Waals surface area contributed by atoms with E-state index in [4.69, 9.17) is 0 Å². The standard InChI is InChI=1S/C9H11FS/c1-6-4-7(2)9(11-3)5-8(6)10/h4-5H,1-3H3. The van der Waals surface area contributed by atoms with Gasteiger partial charge in [-0.25, -0.2) is 4.39 Å². The van der Waals surface area contributed by atoms with E-state index in [1.54, 1.807) is 24.8 Å². The molecule has 60 valence electrons. The lowest BCUT2D eigenvalue weighted by Gasteiger charge is -2.03. The Hall–Kier alpha value is -0.500. The summed E-state index contributed by atoms with van der Waals surface area (Å²) in [4.78, 5) is 1.02. The Bertz CT molecular complexity index is 269. The predicted octanol–water partition coefficient (Wildman–Crippen LogP) is 3.16. The minimum absolute atomic E-state index is 0.111. The molecule has 0 heterocycles. The number of halogens is 1. The van der Waals surface area contributed by atoms with Gasteiger partial charge >= 0.3 is 0 Å². The lowest BCUT2D eigenvalue weighted by Crippen LogP contribution is -1.86. The van der Waals surface area contributed by atoms with Gasteiger partial charge in [-0.1, -0.05) is 6.07 Å². The molecule has 0 spiro atoms. The Morgan fingerprint density at radius 1 is 1.18 bits per heavy atom. The van der Waals surface area contributed by atoms with Gasteiger partial charge in [-0.05, 0) is 37.3 Å². The molecule has 0 nitrogen and oxygen atoms in total. The van der Waals surface area contributed by atoms with Gasteiger partial charge in [0.1, 0.15) is 5.82 Å². The van der Waals surface area contributed by atoms with Gasteiger partial charge in [0.05, 0.1) is 0 Å². The zero-order valence-corrected chi connectivity index (χ0v) is 7.76. The molecule has 0 fully saturated rings. The molecule has 0 saturated carbocycles. The largest absolute Gasteiger partial charge is 0.207 e. The van der Waals surface area contributed by atoms with E-state index in [1.165, 1.54) is 0 Å². The second kappa shape index (κ2) is 3.26. The Morgan fingerprint density at radius 2 is 1.82 bits per heavy atom. The van der Waals surface area contributed by atoms with Crippen molar-refractivity contribution in [3.8, 4) is 0 Å². The van der Waals surface area contributed by atoms with E-state index in [9.17, 15) is 4.39 Å². The van der Waals surface area contributed by atoms with E-state index in [1.807, 2.05) is 19.2 Å². The van der Waals surface area contributed by atoms with Gasteiger partial charge in [-0.2, -0.15) is 0 Å². The average Bonchev–Trinajstić information content (AvgIpc) is 1.97. The van der Waals surface area contributed by atoms with Crippen molar-refractivity contribution in [2.24, 2.45) is 0 Å². The molecule has 1 rings (SSSR count). The van der Waals surface area contributed by atoms with Crippen molar-refractivity contribution >= 4 is 11.8 Å². The minimum atomic E-state index is -0.111. The summed E-state index contributed by atoms with van der Waals surface area (Å²) in [7, 11) is 0. The first kappa shape index (κ1) is 8.60. The monoisotopic (exact) mass is 170 g/mol. The van der Waals surface area contributed by atoms with Crippen LogP contribution < -0.4 is 0 Å². The fraction of sp³-hybridized carbons (Fsp3) is 0.333. The molecule has 2 heteroatoms. The Kier molecular flexibility index (Phi) is 2.55. The molecular weight excluding hydrogens is 159 g/mol. The molecule has 0 aromatic heterocycles. The van der Waals surface area contributed by atoms with Crippen LogP contribution in [-0.4, -0.2) is 6.26 Å². The predicted molar refractivity (Wildman–Crippen MR) is 47.7 cm³/mol. The maximum Gasteiger partial charge on any atom is 0.127 e. The van der Waals surface area contributed by atoms with Gasteiger partial charge in [-0.15, -0.1) is 11.8 Å². The molecule has 0 saturated heterocycles. The highest BCUT2D eigenvalue weighted by molar-refractivity contribution is 7.98. The van der Waals surface area contributed by atoms with E-state index < -0.39 is 0 Å². The summed E-state index contributed by atoms with van der Waals surface area (Å²) >= 11 is 1.58. The molecule has 0 amide bonds. The van der Waals surface area contributed by atoms with E-state index in [2.05, 4.69) is 0 Å². The third-order valence-electron chi connectivity index (χ3n) is 1.68. The molecule has 0 bridgehead atoms. The number of thioether (sulfide) groups is 1. The molecule has 0 aliphatic heterocycles. The SMILES string of the molecule is CSc1cc(F)c(C)cc1C. The molecule has 0 atom stereocenters. The van der Waals surface area contributed by atoms with E-state index >= 15 is 0 Å². The molecule has 1 aromatic rings. The molecule has 0 radical (unpaired) electrons. The first-order valence-electron chi connectivity index (χ1n) is 3.46. The van der Waals surface area contributed by atoms with Crippen LogP contribution >= 0.6 is 11.8 Å². The first-order valence-corrected chi connectivity index (χ1v) is 4.68. The van der Waals surface area contributed by atoms with Crippen LogP contribution in [0.1, 0.15) is 11.1 Å². The fourth-order valence-electron chi connectivity index (χ4n) is 1.03. The van der Waals surface area contributed by atoms with Gasteiger partial charge in [0.2, 0.25) is 0 Å². The highest BCUT2D eigenvalue weighted by Crippen LogP contribution is 2.22. The van der Waals surface area contributed by atoms with Gasteiger partial charge < -0.3 is 0 Å². The lowest BCUT2D eigenvalue weighted by molar-refractivity contribution is 0.614. The Balaban J connectivity index is 3.21. The van der Waals surface area contributed by atoms with Crippen LogP contribution in [0.2, 0.25) is 0 Å². The van der Waals surface area contributed by atoms with Crippen molar-refractivity contribution in [3.05, 3.63) is 29.1 Å². The first-order chi connectivity index (χ1) is 5.15. The smallest absolute Gasteiger partial charge is 0.127 e. The van der Waals surface area contributed by atoms with Crippen LogP contribution in [0.3, 0.4) is 0 Å². The zero-order chi connectivity index (χ0) is 8.43. The number of benzene rings is 1. The zero-order valence-electron chi connectivity index (χ0n) is 6.94. The van der Waals surface area contributed by atoms with Crippen molar-refractivity contribution in [2.45, 2.75) is 18.7 Å². The van der Waals surface area contributed by atoms with Crippen LogP contribution in [0, 0.1) is 19.7 Å². The highest BCUT2D eigenvalue weighted by atomic mass is 32.2. The normalized spacial score (nSPS) is 10.2. The summed E-state index contributed by atoms with van der Waals surface area (Å²) in [5.41, 5.74) is 1.87. The maximum absolute atomic E-state index is 12.9. The average molecular weight is 170 g/mol. The topological polar surface area (TPSA) is 0 Å². The minimum Gasteiger partial charge on any atom is -0.207 e. The second-order valence-electron chi connectivity index (χ2n) is 2.57. The summed E-state index contributed by atoms with van der Waals surface area (Å²) in [6, 6.07) is 3.47. The highest BCUT2D eigenvalue weighted by Gasteiger charge is 2.01. The molecular formula is C9H11FS. The van der Waals surface area contributed by atoms with Crippen molar-refractivity contribution in [2.75, 3.05) is 6.26 Å². The summed E-state index contributed by atoms with van der Waals surface area (Å²) < 4.78 is 12.9. The van der Waals surface area contributed by atoms with Crippen LogP contribution in [-0.2, 0) is 0 Å². The number of aryl methyl sites for hydroxylation is 2. The van der Waals surface area contributed by atoms with Gasteiger partial charge in [0.15, 0.2) is 0 Å². The van der Waals surface area contributed by atoms with Crippen LogP contribution in [0.4, 0.5) is 4.39 Å². The molecule has 0 aliphatic carbocycles. The second-order valence-corrected chi connectivity index (χ2v) is 3.42. The van der Waals surface area contributed by atoms with Crippen molar-refractivity contribution in [1.29, 1.82) is 0 Å². The van der Waals surface area contributed by atoms with Crippen molar-refractivity contribution in [3.63, 3.8) is 0 Å². The van der Waals surface area contributed by atoms with Gasteiger partial charge in [0.25, 0.3) is 0 Å². The van der Waals surface area contributed by atoms with Gasteiger partial charge in [0, 0.05) is 4.90 Å². The van der Waals surface area contributed by atoms with Crippen molar-refractivity contribution < 1.29 is 4.39 Å². The van der Waals surface area contributed by atoms with E-state index in [0.717, 1.165) is 16.0 Å². The molecule has 0 N–H and O–H groups in total. The number of rotatable bonds is 1. The molecule has 11 heavy (non-hydrogen) atoms. The van der Waals surface area contributed by atoms with Crippen LogP contribution in [0.5, 0.6) is 0 Å². The quantitative estimate of drug-likeness (QED) is 0.583. The fourth-order valence-corrected chi connectivity index (χ4v) is 1.63. The summed E-state index contributed by atoms with van der Waals surface area (Å²) in [6.07, 6.45) is 1.96. The maximum atomic E-state index is 12.9. The lowest BCUT2D eigenvalue weighted by atomic mass is 10.1. The van der Waals surface area contributed by atoms with E-state index in [0.29, 0.717) is 0 Å². The van der Waals surface area contributed by atoms with Crippen LogP contribution in [0.15, 0.2) is 17.0 Å². The third-order valence-corrected chi connectivity index (χ3v) is 2.56. The molecule has 0 unspecified atom stereocenters.